The molecule has 0 amide bonds. The van der Waals surface area contributed by atoms with Crippen molar-refractivity contribution in [3.8, 4) is 0 Å². The van der Waals surface area contributed by atoms with Crippen LogP contribution in [0.25, 0.3) is 0 Å². The Labute approximate surface area is 188 Å². The van der Waals surface area contributed by atoms with Gasteiger partial charge >= 0.3 is 51.4 Å². The van der Waals surface area contributed by atoms with E-state index in [1.165, 1.54) is 0 Å². The van der Waals surface area contributed by atoms with Crippen molar-refractivity contribution < 1.29 is 109 Å². The van der Waals surface area contributed by atoms with Crippen LogP contribution >= 0.6 is 0 Å². The van der Waals surface area contributed by atoms with Gasteiger partial charge in [0.05, 0.1) is 0 Å². The number of aliphatic carboxylic acids is 1. The summed E-state index contributed by atoms with van der Waals surface area (Å²) in [6.45, 7) is 46.0. The number of rotatable bonds is 0. The molecular formula is C12H3KO12. The maximum absolute atomic E-state index is 8.89. The van der Waals surface area contributed by atoms with Gasteiger partial charge in [-0.3, -0.25) is 47.9 Å². The van der Waals surface area contributed by atoms with Gasteiger partial charge in [-0.05, 0) is 6.92 Å². The molecule has 0 N–H and O–H groups in total. The van der Waals surface area contributed by atoms with Crippen molar-refractivity contribution in [3.63, 3.8) is 0 Å². The van der Waals surface area contributed by atoms with Crippen molar-refractivity contribution in [1.29, 1.82) is 0 Å². The van der Waals surface area contributed by atoms with Crippen LogP contribution in [0.3, 0.4) is 0 Å². The van der Waals surface area contributed by atoms with E-state index in [1.54, 1.807) is 0 Å². The summed E-state index contributed by atoms with van der Waals surface area (Å²) in [5.74, 6) is -1.08. The Morgan fingerprint density at radius 1 is 0.440 bits per heavy atom. The molecule has 0 aliphatic rings. The van der Waals surface area contributed by atoms with E-state index in [2.05, 4.69) is 67.9 Å². The van der Waals surface area contributed by atoms with Gasteiger partial charge in [0.25, 0.3) is 67.9 Å². The summed E-state index contributed by atoms with van der Waals surface area (Å²) in [5, 5.41) is 8.89. The quantitative estimate of drug-likeness (QED) is 0.359. The van der Waals surface area contributed by atoms with Gasteiger partial charge in [-0.2, -0.15) is 0 Å². The Morgan fingerprint density at radius 3 is 0.440 bits per heavy atom. The summed E-state index contributed by atoms with van der Waals surface area (Å²) in [6, 6.07) is 0. The van der Waals surface area contributed by atoms with Crippen LogP contribution in [0.4, 0.5) is 0 Å². The Morgan fingerprint density at radius 2 is 0.440 bits per heavy atom. The van der Waals surface area contributed by atoms with Crippen LogP contribution in [0.2, 0.25) is 0 Å². The number of hydrogen-bond acceptors (Lipinski definition) is 12. The van der Waals surface area contributed by atoms with E-state index in [4.69, 9.17) is 57.8 Å². The normalized spacial score (nSPS) is 2.60. The van der Waals surface area contributed by atoms with Gasteiger partial charge in [-0.15, -0.1) is 0 Å². The smallest absolute Gasteiger partial charge is 0.550 e. The number of carboxylic acids is 1. The standard InChI is InChI=1S/C2H4O2.10CO.K/c1-2(3)4;10*1-2;/h1H3,(H,3,4);;;;;;;;;;;/q;;;;;;;;;;;+1/p-1. The molecule has 0 aliphatic heterocycles. The first-order valence-corrected chi connectivity index (χ1v) is 2.95. The van der Waals surface area contributed by atoms with Gasteiger partial charge in [0, 0.05) is 5.97 Å². The predicted molar refractivity (Wildman–Crippen MR) is 67.6 cm³/mol. The second-order valence-corrected chi connectivity index (χ2v) is 0.492. The van der Waals surface area contributed by atoms with Crippen molar-refractivity contribution in [2.45, 2.75) is 6.92 Å². The molecule has 0 aliphatic carbocycles. The second-order valence-electron chi connectivity index (χ2n) is 0.492. The first-order chi connectivity index (χ1) is 11.7. The summed E-state index contributed by atoms with van der Waals surface area (Å²) in [5.41, 5.74) is 0. The van der Waals surface area contributed by atoms with Crippen LogP contribution < -0.4 is 56.5 Å². The van der Waals surface area contributed by atoms with Crippen molar-refractivity contribution in [3.05, 3.63) is 0 Å². The summed E-state index contributed by atoms with van der Waals surface area (Å²) in [6.07, 6.45) is 0. The van der Waals surface area contributed by atoms with Gasteiger partial charge in [0.15, 0.2) is 0 Å². The SMILES string of the molecule is CC(=O)[O-].[C]=O.[C]=O.[C]=O.[C]=O.[C]=O.[C]=O.[C]=O.[C]=O.[C]=O.[C]=O.[K+]. The zero-order valence-corrected chi connectivity index (χ0v) is 15.5. The Balaban J connectivity index is -0.00000000751. The minimum Gasteiger partial charge on any atom is -0.550 e. The molecule has 25 heavy (non-hydrogen) atoms. The predicted octanol–water partition coefficient (Wildman–Crippen LogP) is -8.21. The number of carbonyl (C=O) groups excluding carboxylic acids is 11. The topological polar surface area (TPSA) is 211 Å². The van der Waals surface area contributed by atoms with E-state index >= 15 is 0 Å². The van der Waals surface area contributed by atoms with Crippen molar-refractivity contribution in [1.82, 2.24) is 0 Å². The fourth-order valence-corrected chi connectivity index (χ4v) is 0. The monoisotopic (exact) mass is 378 g/mol. The third-order valence-electron chi connectivity index (χ3n) is 0. The molecule has 0 saturated heterocycles. The maximum atomic E-state index is 8.89. The molecule has 0 heterocycles. The molecular weight excluding hydrogens is 375 g/mol. The molecule has 13 heteroatoms. The minimum atomic E-state index is -1.08. The molecule has 0 fully saturated rings. The molecule has 0 aromatic rings. The molecule has 0 unspecified atom stereocenters. The number of carbonyl (C=O) groups is 1. The summed E-state index contributed by atoms with van der Waals surface area (Å²) in [7, 11) is 0. The van der Waals surface area contributed by atoms with Gasteiger partial charge in [-0.25, -0.2) is 0 Å². The van der Waals surface area contributed by atoms with Crippen LogP contribution in [-0.2, 0) is 52.7 Å². The van der Waals surface area contributed by atoms with E-state index in [-0.39, 0.29) is 51.4 Å². The Hall–Kier alpha value is -2.19. The van der Waals surface area contributed by atoms with Gasteiger partial charge in [0.1, 0.15) is 0 Å². The number of hydrogen-bond donors (Lipinski definition) is 0. The van der Waals surface area contributed by atoms with Crippen molar-refractivity contribution in [2.75, 3.05) is 0 Å². The molecule has 0 saturated carbocycles. The minimum absolute atomic E-state index is 0. The molecule has 12 nitrogen and oxygen atoms in total. The largest absolute Gasteiger partial charge is 1.00 e. The zero-order chi connectivity index (χ0) is 23.6. The molecule has 0 rings (SSSR count). The van der Waals surface area contributed by atoms with Crippen LogP contribution in [0.15, 0.2) is 0 Å². The fraction of sp³-hybridized carbons (Fsp3) is 0.0833. The van der Waals surface area contributed by atoms with Gasteiger partial charge < -0.3 is 9.90 Å². The van der Waals surface area contributed by atoms with Crippen molar-refractivity contribution >= 4 is 73.9 Å². The van der Waals surface area contributed by atoms with Crippen molar-refractivity contribution in [2.24, 2.45) is 0 Å². The maximum Gasteiger partial charge on any atom is 1.00 e. The van der Waals surface area contributed by atoms with Gasteiger partial charge in [0.2, 0.25) is 0 Å². The molecule has 0 aromatic heterocycles. The molecule has 20 radical (unpaired) electrons. The van der Waals surface area contributed by atoms with Crippen LogP contribution in [0.5, 0.6) is 0 Å². The summed E-state index contributed by atoms with van der Waals surface area (Å²) in [4.78, 5) is 83.9. The third-order valence-corrected chi connectivity index (χ3v) is 0. The van der Waals surface area contributed by atoms with Crippen LogP contribution in [0, 0.1) is 0 Å². The fourth-order valence-electron chi connectivity index (χ4n) is 0. The summed E-state index contributed by atoms with van der Waals surface area (Å²) < 4.78 is 0. The number of carboxylic acid groups (broad SMARTS) is 1. The molecule has 0 aromatic carbocycles. The molecule has 124 valence electrons. The van der Waals surface area contributed by atoms with E-state index in [0.29, 0.717) is 0 Å². The second kappa shape index (κ2) is 14500. The first-order valence-electron chi connectivity index (χ1n) is 2.95. The van der Waals surface area contributed by atoms with Crippen LogP contribution in [0.1, 0.15) is 6.92 Å². The zero-order valence-electron chi connectivity index (χ0n) is 12.4. The molecule has 0 atom stereocenters. The molecule has 0 spiro atoms. The Bertz CT molecular complexity index is 117. The average Bonchev–Trinajstić information content (AvgIpc) is 2.76. The molecule has 0 bridgehead atoms. The Kier molecular flexibility index (Phi) is 53900. The van der Waals surface area contributed by atoms with E-state index in [9.17, 15) is 0 Å². The van der Waals surface area contributed by atoms with Crippen LogP contribution in [-0.4, -0.2) is 73.9 Å². The third kappa shape index (κ3) is 1780. The average molecular weight is 378 g/mol. The van der Waals surface area contributed by atoms with E-state index in [0.717, 1.165) is 6.92 Å². The first kappa shape index (κ1) is 92.9. The van der Waals surface area contributed by atoms with E-state index in [1.807, 2.05) is 0 Å². The van der Waals surface area contributed by atoms with Gasteiger partial charge in [-0.1, -0.05) is 0 Å². The van der Waals surface area contributed by atoms with E-state index < -0.39 is 5.97 Å². The summed E-state index contributed by atoms with van der Waals surface area (Å²) >= 11 is 0.